The Morgan fingerprint density at radius 1 is 1.13 bits per heavy atom. The maximum atomic E-state index is 12.8. The molecule has 0 spiro atoms. The average molecular weight is 317 g/mol. The third kappa shape index (κ3) is 3.52. The molecule has 1 aromatic rings. The van der Waals surface area contributed by atoms with Crippen molar-refractivity contribution in [1.82, 2.24) is 4.90 Å². The lowest BCUT2D eigenvalue weighted by Crippen LogP contribution is -2.43. The summed E-state index contributed by atoms with van der Waals surface area (Å²) in [7, 11) is 1.63. The summed E-state index contributed by atoms with van der Waals surface area (Å²) >= 11 is 0. The molecule has 1 heterocycles. The monoisotopic (exact) mass is 317 g/mol. The van der Waals surface area contributed by atoms with E-state index in [0.717, 1.165) is 56.4 Å². The number of hydrogen-bond acceptors (Lipinski definition) is 3. The van der Waals surface area contributed by atoms with E-state index in [9.17, 15) is 9.90 Å². The minimum Gasteiger partial charge on any atom is -0.497 e. The Kier molecular flexibility index (Phi) is 5.21. The molecule has 23 heavy (non-hydrogen) atoms. The zero-order valence-electron chi connectivity index (χ0n) is 13.9. The number of amides is 1. The van der Waals surface area contributed by atoms with Gasteiger partial charge in [0.25, 0.3) is 0 Å². The predicted molar refractivity (Wildman–Crippen MR) is 89.3 cm³/mol. The van der Waals surface area contributed by atoms with Crippen LogP contribution in [0.15, 0.2) is 24.3 Å². The largest absolute Gasteiger partial charge is 0.497 e. The second kappa shape index (κ2) is 7.35. The number of aliphatic hydroxyl groups excluding tert-OH is 1. The quantitative estimate of drug-likeness (QED) is 0.927. The van der Waals surface area contributed by atoms with Gasteiger partial charge in [0.15, 0.2) is 0 Å². The molecule has 0 radical (unpaired) electrons. The van der Waals surface area contributed by atoms with E-state index in [-0.39, 0.29) is 17.9 Å². The molecule has 0 aromatic heterocycles. The number of methoxy groups -OCH3 is 1. The van der Waals surface area contributed by atoms with Gasteiger partial charge in [-0.3, -0.25) is 4.79 Å². The fourth-order valence-corrected chi connectivity index (χ4v) is 4.00. The molecule has 1 aromatic carbocycles. The fraction of sp³-hybridized carbons (Fsp3) is 0.632. The van der Waals surface area contributed by atoms with Gasteiger partial charge in [-0.2, -0.15) is 0 Å². The maximum absolute atomic E-state index is 12.8. The van der Waals surface area contributed by atoms with E-state index in [1.807, 2.05) is 29.2 Å². The van der Waals surface area contributed by atoms with Crippen molar-refractivity contribution in [1.29, 1.82) is 0 Å². The van der Waals surface area contributed by atoms with E-state index < -0.39 is 6.10 Å². The van der Waals surface area contributed by atoms with Crippen molar-refractivity contribution in [2.45, 2.75) is 57.1 Å². The van der Waals surface area contributed by atoms with Gasteiger partial charge in [-0.1, -0.05) is 31.4 Å². The zero-order chi connectivity index (χ0) is 16.2. The first-order chi connectivity index (χ1) is 11.2. The summed E-state index contributed by atoms with van der Waals surface area (Å²) in [5, 5.41) is 10.8. The molecule has 1 saturated carbocycles. The van der Waals surface area contributed by atoms with Crippen LogP contribution in [-0.2, 0) is 4.79 Å². The molecule has 0 bridgehead atoms. The SMILES string of the molecule is COc1ccc(C(O)C2CCCN2C(=O)C2CCCCC2)cc1. The third-order valence-electron chi connectivity index (χ3n) is 5.36. The highest BCUT2D eigenvalue weighted by Crippen LogP contribution is 2.34. The number of benzene rings is 1. The Morgan fingerprint density at radius 2 is 1.83 bits per heavy atom. The molecule has 1 amide bonds. The van der Waals surface area contributed by atoms with E-state index in [4.69, 9.17) is 4.74 Å². The standard InChI is InChI=1S/C19H27NO3/c1-23-16-11-9-14(10-12-16)18(21)17-8-5-13-20(17)19(22)15-6-3-2-4-7-15/h9-12,15,17-18,21H,2-8,13H2,1H3. The number of aliphatic hydroxyl groups is 1. The highest BCUT2D eigenvalue weighted by molar-refractivity contribution is 5.79. The molecule has 2 aliphatic rings. The second-order valence-electron chi connectivity index (χ2n) is 6.79. The van der Waals surface area contributed by atoms with Crippen LogP contribution in [0.5, 0.6) is 5.75 Å². The lowest BCUT2D eigenvalue weighted by Gasteiger charge is -2.33. The van der Waals surface area contributed by atoms with Crippen LogP contribution in [0.25, 0.3) is 0 Å². The Labute approximate surface area is 138 Å². The molecule has 1 aliphatic heterocycles. The van der Waals surface area contributed by atoms with E-state index in [1.54, 1.807) is 7.11 Å². The minimum absolute atomic E-state index is 0.0854. The summed E-state index contributed by atoms with van der Waals surface area (Å²) in [5.41, 5.74) is 0.860. The summed E-state index contributed by atoms with van der Waals surface area (Å²) < 4.78 is 5.17. The van der Waals surface area contributed by atoms with E-state index in [2.05, 4.69) is 0 Å². The van der Waals surface area contributed by atoms with Crippen LogP contribution in [0.1, 0.15) is 56.6 Å². The zero-order valence-corrected chi connectivity index (χ0v) is 13.9. The van der Waals surface area contributed by atoms with Gasteiger partial charge in [-0.15, -0.1) is 0 Å². The Morgan fingerprint density at radius 3 is 2.48 bits per heavy atom. The van der Waals surface area contributed by atoms with Gasteiger partial charge < -0.3 is 14.7 Å². The summed E-state index contributed by atoms with van der Waals surface area (Å²) in [4.78, 5) is 14.8. The second-order valence-corrected chi connectivity index (χ2v) is 6.79. The van der Waals surface area contributed by atoms with Crippen LogP contribution < -0.4 is 4.74 Å². The molecule has 2 fully saturated rings. The van der Waals surface area contributed by atoms with Crippen molar-refractivity contribution < 1.29 is 14.6 Å². The molecule has 2 atom stereocenters. The maximum Gasteiger partial charge on any atom is 0.226 e. The number of likely N-dealkylation sites (tertiary alicyclic amines) is 1. The molecule has 1 aliphatic carbocycles. The van der Waals surface area contributed by atoms with Gasteiger partial charge in [0.2, 0.25) is 5.91 Å². The van der Waals surface area contributed by atoms with Gasteiger partial charge in [0, 0.05) is 12.5 Å². The van der Waals surface area contributed by atoms with Gasteiger partial charge in [-0.05, 0) is 43.4 Å². The van der Waals surface area contributed by atoms with Gasteiger partial charge in [-0.25, -0.2) is 0 Å². The van der Waals surface area contributed by atoms with Crippen molar-refractivity contribution in [3.63, 3.8) is 0 Å². The summed E-state index contributed by atoms with van der Waals surface area (Å²) in [6, 6.07) is 7.43. The fourth-order valence-electron chi connectivity index (χ4n) is 4.00. The van der Waals surface area contributed by atoms with E-state index in [0.29, 0.717) is 0 Å². The molecule has 4 nitrogen and oxygen atoms in total. The van der Waals surface area contributed by atoms with Crippen LogP contribution in [-0.4, -0.2) is 35.6 Å². The molecule has 3 rings (SSSR count). The predicted octanol–water partition coefficient (Wildman–Crippen LogP) is 3.30. The van der Waals surface area contributed by atoms with Gasteiger partial charge in [0.1, 0.15) is 5.75 Å². The third-order valence-corrected chi connectivity index (χ3v) is 5.36. The smallest absolute Gasteiger partial charge is 0.226 e. The molecule has 4 heteroatoms. The lowest BCUT2D eigenvalue weighted by molar-refractivity contribution is -0.139. The summed E-state index contributed by atoms with van der Waals surface area (Å²) in [5.74, 6) is 1.22. The summed E-state index contributed by atoms with van der Waals surface area (Å²) in [6.07, 6.45) is 6.85. The van der Waals surface area contributed by atoms with Crippen molar-refractivity contribution in [2.24, 2.45) is 5.92 Å². The Hall–Kier alpha value is -1.55. The highest BCUT2D eigenvalue weighted by atomic mass is 16.5. The van der Waals surface area contributed by atoms with Crippen molar-refractivity contribution >= 4 is 5.91 Å². The molecule has 126 valence electrons. The average Bonchev–Trinajstić information content (AvgIpc) is 3.11. The number of ether oxygens (including phenoxy) is 1. The number of carbonyl (C=O) groups is 1. The molecule has 2 unspecified atom stereocenters. The first kappa shape index (κ1) is 16.3. The number of nitrogens with zero attached hydrogens (tertiary/aromatic N) is 1. The van der Waals surface area contributed by atoms with E-state index >= 15 is 0 Å². The van der Waals surface area contributed by atoms with Gasteiger partial charge >= 0.3 is 0 Å². The van der Waals surface area contributed by atoms with Crippen molar-refractivity contribution in [3.05, 3.63) is 29.8 Å². The molecular formula is C19H27NO3. The highest BCUT2D eigenvalue weighted by Gasteiger charge is 2.37. The first-order valence-electron chi connectivity index (χ1n) is 8.83. The minimum atomic E-state index is -0.615. The lowest BCUT2D eigenvalue weighted by atomic mass is 9.87. The van der Waals surface area contributed by atoms with Crippen LogP contribution in [0.3, 0.4) is 0 Å². The number of carbonyl (C=O) groups excluding carboxylic acids is 1. The van der Waals surface area contributed by atoms with Crippen LogP contribution in [0.4, 0.5) is 0 Å². The Bertz CT molecular complexity index is 522. The topological polar surface area (TPSA) is 49.8 Å². The van der Waals surface area contributed by atoms with Crippen LogP contribution >= 0.6 is 0 Å². The number of hydrogen-bond donors (Lipinski definition) is 1. The Balaban J connectivity index is 1.70. The summed E-state index contributed by atoms with van der Waals surface area (Å²) in [6.45, 7) is 0.785. The number of rotatable bonds is 4. The molecule has 1 N–H and O–H groups in total. The normalized spacial score (nSPS) is 23.7. The van der Waals surface area contributed by atoms with Gasteiger partial charge in [0.05, 0.1) is 19.3 Å². The van der Waals surface area contributed by atoms with Crippen molar-refractivity contribution in [3.8, 4) is 5.75 Å². The van der Waals surface area contributed by atoms with Crippen LogP contribution in [0.2, 0.25) is 0 Å². The van der Waals surface area contributed by atoms with E-state index in [1.165, 1.54) is 6.42 Å². The van der Waals surface area contributed by atoms with Crippen LogP contribution in [0, 0.1) is 5.92 Å². The molecular weight excluding hydrogens is 290 g/mol. The molecule has 1 saturated heterocycles. The van der Waals surface area contributed by atoms with Crippen molar-refractivity contribution in [2.75, 3.05) is 13.7 Å². The first-order valence-corrected chi connectivity index (χ1v) is 8.83.